The molecule has 10 rings (SSSR count). The van der Waals surface area contributed by atoms with Crippen molar-refractivity contribution in [3.8, 4) is 22.6 Å². The lowest BCUT2D eigenvalue weighted by Gasteiger charge is -2.42. The molecule has 0 radical (unpaired) electrons. The monoisotopic (exact) mass is 852 g/mol. The Bertz CT molecular complexity index is 2850. The maximum absolute atomic E-state index is 15.2. The van der Waals surface area contributed by atoms with Gasteiger partial charge in [0.05, 0.1) is 30.2 Å². The summed E-state index contributed by atoms with van der Waals surface area (Å²) in [7, 11) is 0. The molecule has 3 aliphatic heterocycles. The number of piperazine rings is 1. The summed E-state index contributed by atoms with van der Waals surface area (Å²) < 4.78 is 44.5. The summed E-state index contributed by atoms with van der Waals surface area (Å²) in [5.41, 5.74) is 3.84. The zero-order valence-corrected chi connectivity index (χ0v) is 34.0. The molecule has 0 unspecified atom stereocenters. The molecular formula is C46H42F2N10O5. The third-order valence-electron chi connectivity index (χ3n) is 11.9. The minimum atomic E-state index is -1.04. The Hall–Kier alpha value is -7.43. The van der Waals surface area contributed by atoms with E-state index in [0.29, 0.717) is 36.5 Å². The summed E-state index contributed by atoms with van der Waals surface area (Å²) in [5.74, 6) is -1.37. The van der Waals surface area contributed by atoms with Crippen LogP contribution in [0.1, 0.15) is 24.8 Å². The zero-order chi connectivity index (χ0) is 43.0. The van der Waals surface area contributed by atoms with Crippen molar-refractivity contribution in [3.63, 3.8) is 0 Å². The highest BCUT2D eigenvalue weighted by atomic mass is 19.1. The fourth-order valence-electron chi connectivity index (χ4n) is 8.80. The standard InChI is InChI=1S/C46H42F2N10O5/c47-31-14-15-39(37(48)21-31)58-43-35(23-52-58)42(50-28-51-43)57-24-33-22-40(57)45(60)56-19-18-54(46(61)62-27-29-8-2-1-3-9-29)26-41(56)44(59)49-16-4-5-17-55-25-36-34(12-7-13-38(36)53-55)30-10-6-11-32(20-30)63-33/h1-3,6-15,20-21,23,25,28,33,40-41H,4-5,16-19,22,24,26-27H2,(H,49,59)/t33-,40-,41-/m0/s1. The van der Waals surface area contributed by atoms with E-state index in [4.69, 9.17) is 14.6 Å². The van der Waals surface area contributed by atoms with Gasteiger partial charge in [0.15, 0.2) is 11.5 Å². The molecule has 3 atom stereocenters. The highest BCUT2D eigenvalue weighted by Crippen LogP contribution is 2.36. The zero-order valence-electron chi connectivity index (χ0n) is 34.0. The summed E-state index contributed by atoms with van der Waals surface area (Å²) in [4.78, 5) is 56.7. The quantitative estimate of drug-likeness (QED) is 0.227. The number of hydrogen-bond acceptors (Lipinski definition) is 10. The summed E-state index contributed by atoms with van der Waals surface area (Å²) >= 11 is 0. The van der Waals surface area contributed by atoms with Crippen LogP contribution in [0.15, 0.2) is 110 Å². The number of hydrogen-bond donors (Lipinski definition) is 1. The first-order chi connectivity index (χ1) is 30.8. The highest BCUT2D eigenvalue weighted by Gasteiger charge is 2.46. The van der Waals surface area contributed by atoms with E-state index in [1.807, 2.05) is 82.5 Å². The van der Waals surface area contributed by atoms with Gasteiger partial charge < -0.3 is 29.5 Å². The van der Waals surface area contributed by atoms with Gasteiger partial charge in [-0.3, -0.25) is 14.3 Å². The fraction of sp³-hybridized carbons (Fsp3) is 0.283. The number of nitrogens with one attached hydrogen (secondary N) is 1. The number of anilines is 1. The first-order valence-corrected chi connectivity index (χ1v) is 21.0. The molecule has 63 heavy (non-hydrogen) atoms. The number of aromatic nitrogens is 6. The Morgan fingerprint density at radius 1 is 0.857 bits per heavy atom. The number of benzene rings is 4. The van der Waals surface area contributed by atoms with Crippen molar-refractivity contribution in [1.82, 2.24) is 44.6 Å². The number of halogens is 2. The van der Waals surface area contributed by atoms with E-state index < -0.39 is 41.8 Å². The summed E-state index contributed by atoms with van der Waals surface area (Å²) in [6.45, 7) is 1.35. The van der Waals surface area contributed by atoms with Crippen molar-refractivity contribution in [3.05, 3.63) is 127 Å². The average molecular weight is 853 g/mol. The Kier molecular flexibility index (Phi) is 10.6. The Labute approximate surface area is 359 Å². The smallest absolute Gasteiger partial charge is 0.410 e. The van der Waals surface area contributed by atoms with E-state index in [1.165, 1.54) is 33.1 Å². The van der Waals surface area contributed by atoms with Crippen LogP contribution in [-0.4, -0.2) is 108 Å². The van der Waals surface area contributed by atoms with Gasteiger partial charge in [-0.15, -0.1) is 0 Å². The van der Waals surface area contributed by atoms with Crippen LogP contribution in [0.2, 0.25) is 0 Å². The minimum Gasteiger partial charge on any atom is -0.488 e. The van der Waals surface area contributed by atoms with Crippen LogP contribution < -0.4 is 15.0 Å². The van der Waals surface area contributed by atoms with Crippen LogP contribution in [0.4, 0.5) is 19.4 Å². The van der Waals surface area contributed by atoms with Crippen LogP contribution in [-0.2, 0) is 27.5 Å². The van der Waals surface area contributed by atoms with Gasteiger partial charge in [0.1, 0.15) is 54.2 Å². The molecule has 0 spiro atoms. The number of aryl methyl sites for hydroxylation is 1. The molecule has 0 aliphatic carbocycles. The third kappa shape index (κ3) is 7.85. The molecule has 15 nitrogen and oxygen atoms in total. The molecule has 3 aromatic heterocycles. The second-order valence-electron chi connectivity index (χ2n) is 15.9. The molecule has 4 aromatic carbocycles. The first kappa shape index (κ1) is 39.7. The van der Waals surface area contributed by atoms with Crippen molar-refractivity contribution in [1.29, 1.82) is 0 Å². The van der Waals surface area contributed by atoms with E-state index in [1.54, 1.807) is 0 Å². The number of fused-ring (bicyclic) bond motifs is 8. The van der Waals surface area contributed by atoms with Gasteiger partial charge in [-0.25, -0.2) is 28.2 Å². The fourth-order valence-corrected chi connectivity index (χ4v) is 8.80. The molecular weight excluding hydrogens is 811 g/mol. The highest BCUT2D eigenvalue weighted by molar-refractivity contribution is 5.96. The number of ether oxygens (including phenoxy) is 2. The molecule has 320 valence electrons. The molecule has 2 fully saturated rings. The maximum atomic E-state index is 15.2. The lowest BCUT2D eigenvalue weighted by Crippen LogP contribution is -2.64. The number of nitrogens with zero attached hydrogens (tertiary/aromatic N) is 9. The van der Waals surface area contributed by atoms with Gasteiger partial charge in [0.25, 0.3) is 0 Å². The van der Waals surface area contributed by atoms with Crippen molar-refractivity contribution in [2.45, 2.75) is 50.6 Å². The third-order valence-corrected chi connectivity index (χ3v) is 11.9. The van der Waals surface area contributed by atoms with E-state index >= 15 is 9.18 Å². The topological polar surface area (TPSA) is 153 Å². The first-order valence-electron chi connectivity index (χ1n) is 21.0. The van der Waals surface area contributed by atoms with Gasteiger partial charge in [-0.2, -0.15) is 10.2 Å². The average Bonchev–Trinajstić information content (AvgIpc) is 4.05. The molecule has 7 aromatic rings. The Morgan fingerprint density at radius 3 is 2.60 bits per heavy atom. The largest absolute Gasteiger partial charge is 0.488 e. The number of rotatable bonds is 4. The molecule has 3 amide bonds. The normalized spacial score (nSPS) is 19.5. The van der Waals surface area contributed by atoms with Gasteiger partial charge >= 0.3 is 6.09 Å². The van der Waals surface area contributed by atoms with Gasteiger partial charge in [-0.05, 0) is 59.9 Å². The maximum Gasteiger partial charge on any atom is 0.410 e. The van der Waals surface area contributed by atoms with Crippen LogP contribution in [0.25, 0.3) is 38.8 Å². The van der Waals surface area contributed by atoms with E-state index in [2.05, 4.69) is 26.4 Å². The second-order valence-corrected chi connectivity index (χ2v) is 15.9. The van der Waals surface area contributed by atoms with Crippen molar-refractivity contribution in [2.75, 3.05) is 37.6 Å². The molecule has 0 saturated carbocycles. The van der Waals surface area contributed by atoms with Gasteiger partial charge in [-0.1, -0.05) is 54.6 Å². The Balaban J connectivity index is 1.01. The molecule has 3 aliphatic rings. The van der Waals surface area contributed by atoms with E-state index in [0.717, 1.165) is 46.1 Å². The predicted octanol–water partition coefficient (Wildman–Crippen LogP) is 5.90. The number of carbonyl (C=O) groups is 3. The summed E-state index contributed by atoms with van der Waals surface area (Å²) in [5, 5.41) is 13.7. The molecule has 6 bridgehead atoms. The molecule has 2 saturated heterocycles. The van der Waals surface area contributed by atoms with Crippen molar-refractivity contribution < 1.29 is 32.6 Å². The lowest BCUT2D eigenvalue weighted by atomic mass is 10.0. The van der Waals surface area contributed by atoms with Gasteiger partial charge in [0.2, 0.25) is 11.8 Å². The molecule has 1 N–H and O–H groups in total. The summed E-state index contributed by atoms with van der Waals surface area (Å²) in [6.07, 6.45) is 5.31. The minimum absolute atomic E-state index is 0.0152. The SMILES string of the molecule is O=C1NCCCCn2cc3c(cccc3n2)-c2cccc(c2)O[C@H]2C[C@@H](C(=O)N3CCN(C(=O)OCc4ccccc4)C[C@@H]13)N(c1ncnc3c1cnn3-c1ccc(F)cc1F)C2. The van der Waals surface area contributed by atoms with Gasteiger partial charge in [0, 0.05) is 50.2 Å². The van der Waals surface area contributed by atoms with Crippen molar-refractivity contribution >= 4 is 45.7 Å². The van der Waals surface area contributed by atoms with Crippen LogP contribution in [0, 0.1) is 11.6 Å². The lowest BCUT2D eigenvalue weighted by molar-refractivity contribution is -0.144. The van der Waals surface area contributed by atoms with E-state index in [-0.39, 0.29) is 56.4 Å². The van der Waals surface area contributed by atoms with Crippen LogP contribution >= 0.6 is 0 Å². The van der Waals surface area contributed by atoms with Crippen molar-refractivity contribution in [2.24, 2.45) is 0 Å². The van der Waals surface area contributed by atoms with Crippen LogP contribution in [0.3, 0.4) is 0 Å². The second kappa shape index (κ2) is 16.8. The molecule has 6 heterocycles. The number of carbonyl (C=O) groups excluding carboxylic acids is 3. The van der Waals surface area contributed by atoms with E-state index in [9.17, 15) is 14.0 Å². The summed E-state index contributed by atoms with van der Waals surface area (Å²) in [6, 6.07) is 24.4. The molecule has 17 heteroatoms. The Morgan fingerprint density at radius 2 is 1.73 bits per heavy atom. The van der Waals surface area contributed by atoms with Crippen LogP contribution in [0.5, 0.6) is 5.75 Å². The number of amides is 3. The predicted molar refractivity (Wildman–Crippen MR) is 228 cm³/mol.